The van der Waals surface area contributed by atoms with Gasteiger partial charge in [0.15, 0.2) is 0 Å². The minimum atomic E-state index is -0.544. The number of carbonyl (C=O) groups is 3. The molecule has 0 saturated heterocycles. The van der Waals surface area contributed by atoms with Crippen LogP contribution in [0.1, 0.15) is 51.3 Å². The number of methoxy groups -OCH3 is 1. The van der Waals surface area contributed by atoms with E-state index in [0.29, 0.717) is 12.2 Å². The van der Waals surface area contributed by atoms with Crippen LogP contribution in [0.3, 0.4) is 0 Å². The number of anilines is 1. The largest absolute Gasteiger partial charge is 0.466 e. The van der Waals surface area contributed by atoms with Crippen molar-refractivity contribution in [2.45, 2.75) is 52.8 Å². The average molecular weight is 479 g/mol. The summed E-state index contributed by atoms with van der Waals surface area (Å²) in [5.41, 5.74) is 2.65. The normalized spacial score (nSPS) is 11.6. The first-order valence-electron chi connectivity index (χ1n) is 11.4. The van der Waals surface area contributed by atoms with E-state index in [0.717, 1.165) is 16.7 Å². The molecular weight excluding hydrogens is 444 g/mol. The second-order valence-electron chi connectivity index (χ2n) is 9.25. The van der Waals surface area contributed by atoms with Crippen molar-refractivity contribution < 1.29 is 23.9 Å². The zero-order valence-corrected chi connectivity index (χ0v) is 21.2. The van der Waals surface area contributed by atoms with E-state index in [4.69, 9.17) is 4.74 Å². The highest BCUT2D eigenvalue weighted by Crippen LogP contribution is 2.21. The smallest absolute Gasteiger partial charge is 0.331 e. The standard InChI is InChI=1S/C28H34N2O5/c1-20(2)29-27(33)30(24-9-7-8-22(18-24)15-16-25(31)34-6)19-23-12-10-21(11-13-23)14-17-26(32)35-28(3,4)5/h7-18,20H,19H2,1-6H3,(H,29,33)/b16-15+,17-14+. The molecule has 0 atom stereocenters. The summed E-state index contributed by atoms with van der Waals surface area (Å²) >= 11 is 0. The van der Waals surface area contributed by atoms with Gasteiger partial charge in [-0.3, -0.25) is 4.90 Å². The summed E-state index contributed by atoms with van der Waals surface area (Å²) in [5.74, 6) is -0.857. The molecule has 7 heteroatoms. The van der Waals surface area contributed by atoms with E-state index >= 15 is 0 Å². The Morgan fingerprint density at radius 2 is 1.57 bits per heavy atom. The summed E-state index contributed by atoms with van der Waals surface area (Å²) in [6.07, 6.45) is 6.06. The SMILES string of the molecule is COC(=O)/C=C/c1cccc(N(Cc2ccc(/C=C/C(=O)OC(C)(C)C)cc2)C(=O)NC(C)C)c1. The van der Waals surface area contributed by atoms with E-state index in [1.54, 1.807) is 17.1 Å². The molecule has 35 heavy (non-hydrogen) atoms. The zero-order chi connectivity index (χ0) is 26.0. The third kappa shape index (κ3) is 9.88. The molecule has 1 N–H and O–H groups in total. The molecule has 2 rings (SSSR count). The Balaban J connectivity index is 2.23. The van der Waals surface area contributed by atoms with E-state index in [-0.39, 0.29) is 12.1 Å². The number of nitrogens with one attached hydrogen (secondary N) is 1. The molecule has 2 aromatic rings. The summed E-state index contributed by atoms with van der Waals surface area (Å²) in [6.45, 7) is 9.59. The predicted molar refractivity (Wildman–Crippen MR) is 139 cm³/mol. The maximum Gasteiger partial charge on any atom is 0.331 e. The van der Waals surface area contributed by atoms with Gasteiger partial charge in [-0.1, -0.05) is 36.4 Å². The van der Waals surface area contributed by atoms with Crippen LogP contribution in [-0.2, 0) is 25.6 Å². The van der Waals surface area contributed by atoms with Crippen LogP contribution >= 0.6 is 0 Å². The van der Waals surface area contributed by atoms with Crippen molar-refractivity contribution in [3.05, 3.63) is 77.4 Å². The van der Waals surface area contributed by atoms with Crippen molar-refractivity contribution in [1.29, 1.82) is 0 Å². The highest BCUT2D eigenvalue weighted by molar-refractivity contribution is 5.93. The monoisotopic (exact) mass is 478 g/mol. The van der Waals surface area contributed by atoms with Crippen LogP contribution in [0.15, 0.2) is 60.7 Å². The van der Waals surface area contributed by atoms with Gasteiger partial charge in [0.25, 0.3) is 0 Å². The van der Waals surface area contributed by atoms with Gasteiger partial charge in [-0.25, -0.2) is 14.4 Å². The van der Waals surface area contributed by atoms with Crippen LogP contribution in [-0.4, -0.2) is 36.7 Å². The van der Waals surface area contributed by atoms with Gasteiger partial charge in [0, 0.05) is 23.9 Å². The van der Waals surface area contributed by atoms with E-state index in [1.165, 1.54) is 19.3 Å². The molecule has 0 radical (unpaired) electrons. The van der Waals surface area contributed by atoms with E-state index < -0.39 is 17.5 Å². The minimum Gasteiger partial charge on any atom is -0.466 e. The van der Waals surface area contributed by atoms with Gasteiger partial charge in [0.1, 0.15) is 5.60 Å². The Labute approximate surface area is 207 Å². The fourth-order valence-electron chi connectivity index (χ4n) is 3.05. The third-order valence-electron chi connectivity index (χ3n) is 4.59. The quantitative estimate of drug-likeness (QED) is 0.408. The molecule has 2 amide bonds. The molecule has 0 saturated carbocycles. The minimum absolute atomic E-state index is 0.0345. The number of carbonyl (C=O) groups excluding carboxylic acids is 3. The fourth-order valence-corrected chi connectivity index (χ4v) is 3.05. The number of nitrogens with zero attached hydrogens (tertiary/aromatic N) is 1. The number of esters is 2. The number of urea groups is 1. The Morgan fingerprint density at radius 1 is 0.943 bits per heavy atom. The lowest BCUT2D eigenvalue weighted by molar-refractivity contribution is -0.148. The molecule has 0 aliphatic heterocycles. The van der Waals surface area contributed by atoms with Crippen molar-refractivity contribution in [3.8, 4) is 0 Å². The molecule has 7 nitrogen and oxygen atoms in total. The second-order valence-corrected chi connectivity index (χ2v) is 9.25. The maximum absolute atomic E-state index is 13.0. The second kappa shape index (κ2) is 12.6. The number of amides is 2. The molecule has 0 aromatic heterocycles. The molecular formula is C28H34N2O5. The third-order valence-corrected chi connectivity index (χ3v) is 4.59. The Morgan fingerprint density at radius 3 is 2.17 bits per heavy atom. The van der Waals surface area contributed by atoms with Crippen LogP contribution in [0.5, 0.6) is 0 Å². The zero-order valence-electron chi connectivity index (χ0n) is 21.2. The van der Waals surface area contributed by atoms with Crippen molar-refractivity contribution in [2.75, 3.05) is 12.0 Å². The van der Waals surface area contributed by atoms with Crippen LogP contribution in [0, 0.1) is 0 Å². The molecule has 0 heterocycles. The van der Waals surface area contributed by atoms with Crippen molar-refractivity contribution in [3.63, 3.8) is 0 Å². The molecule has 0 aliphatic rings. The highest BCUT2D eigenvalue weighted by Gasteiger charge is 2.18. The van der Waals surface area contributed by atoms with Gasteiger partial charge < -0.3 is 14.8 Å². The van der Waals surface area contributed by atoms with Crippen LogP contribution in [0.2, 0.25) is 0 Å². The molecule has 0 bridgehead atoms. The lowest BCUT2D eigenvalue weighted by Crippen LogP contribution is -2.42. The number of ether oxygens (including phenoxy) is 2. The predicted octanol–water partition coefficient (Wildman–Crippen LogP) is 5.35. The molecule has 186 valence electrons. The molecule has 0 fully saturated rings. The lowest BCUT2D eigenvalue weighted by Gasteiger charge is -2.25. The maximum atomic E-state index is 13.0. The molecule has 0 aliphatic carbocycles. The summed E-state index contributed by atoms with van der Waals surface area (Å²) < 4.78 is 9.92. The van der Waals surface area contributed by atoms with Crippen molar-refractivity contribution in [1.82, 2.24) is 5.32 Å². The van der Waals surface area contributed by atoms with Crippen LogP contribution in [0.25, 0.3) is 12.2 Å². The van der Waals surface area contributed by atoms with E-state index in [9.17, 15) is 14.4 Å². The van der Waals surface area contributed by atoms with Gasteiger partial charge in [-0.05, 0) is 75.6 Å². The van der Waals surface area contributed by atoms with Gasteiger partial charge in [-0.15, -0.1) is 0 Å². The van der Waals surface area contributed by atoms with Crippen LogP contribution in [0.4, 0.5) is 10.5 Å². The summed E-state index contributed by atoms with van der Waals surface area (Å²) in [4.78, 5) is 38.0. The van der Waals surface area contributed by atoms with E-state index in [2.05, 4.69) is 10.1 Å². The fraction of sp³-hybridized carbons (Fsp3) is 0.321. The first-order valence-corrected chi connectivity index (χ1v) is 11.4. The van der Waals surface area contributed by atoms with Crippen molar-refractivity contribution >= 4 is 35.8 Å². The molecule has 0 unspecified atom stereocenters. The highest BCUT2D eigenvalue weighted by atomic mass is 16.6. The Hall–Kier alpha value is -3.87. The van der Waals surface area contributed by atoms with Crippen LogP contribution < -0.4 is 10.2 Å². The van der Waals surface area contributed by atoms with Gasteiger partial charge in [0.05, 0.1) is 13.7 Å². The number of benzene rings is 2. The molecule has 0 spiro atoms. The number of rotatable bonds is 8. The number of hydrogen-bond acceptors (Lipinski definition) is 5. The van der Waals surface area contributed by atoms with E-state index in [1.807, 2.05) is 83.1 Å². The van der Waals surface area contributed by atoms with Crippen molar-refractivity contribution in [2.24, 2.45) is 0 Å². The summed E-state index contributed by atoms with van der Waals surface area (Å²) in [5, 5.41) is 2.94. The summed E-state index contributed by atoms with van der Waals surface area (Å²) in [7, 11) is 1.32. The lowest BCUT2D eigenvalue weighted by atomic mass is 10.1. The van der Waals surface area contributed by atoms with Gasteiger partial charge >= 0.3 is 18.0 Å². The first-order chi connectivity index (χ1) is 16.5. The summed E-state index contributed by atoms with van der Waals surface area (Å²) in [6, 6.07) is 14.6. The Kier molecular flexibility index (Phi) is 9.82. The first kappa shape index (κ1) is 27.4. The van der Waals surface area contributed by atoms with Gasteiger partial charge in [0.2, 0.25) is 0 Å². The Bertz CT molecular complexity index is 1080. The molecule has 2 aromatic carbocycles. The van der Waals surface area contributed by atoms with Gasteiger partial charge in [-0.2, -0.15) is 0 Å². The number of hydrogen-bond donors (Lipinski definition) is 1. The average Bonchev–Trinajstić information content (AvgIpc) is 2.79. The topological polar surface area (TPSA) is 84.9 Å².